The van der Waals surface area contributed by atoms with Crippen LogP contribution in [0.4, 0.5) is 5.69 Å². The molecule has 44 heavy (non-hydrogen) atoms. The number of anilines is 1. The highest BCUT2D eigenvalue weighted by Crippen LogP contribution is 2.61. The number of para-hydroxylation sites is 1. The Kier molecular flexibility index (Phi) is 7.64. The molecule has 0 radical (unpaired) electrons. The van der Waals surface area contributed by atoms with Gasteiger partial charge in [0, 0.05) is 30.6 Å². The molecule has 1 N–H and O–H groups in total. The highest BCUT2D eigenvalue weighted by Gasteiger charge is 2.71. The van der Waals surface area contributed by atoms with E-state index in [0.717, 1.165) is 16.8 Å². The van der Waals surface area contributed by atoms with Crippen molar-refractivity contribution in [1.82, 2.24) is 9.80 Å². The number of aliphatic hydroxyl groups excluding tert-OH is 1. The molecule has 7 nitrogen and oxygen atoms in total. The quantitative estimate of drug-likeness (QED) is 0.411. The Balaban J connectivity index is 1.32. The summed E-state index contributed by atoms with van der Waals surface area (Å²) >= 11 is 1.57. The molecule has 6 atom stereocenters. The first-order valence-electron chi connectivity index (χ1n) is 15.2. The van der Waals surface area contributed by atoms with E-state index in [0.29, 0.717) is 26.1 Å². The molecule has 8 heteroatoms. The number of rotatable bonds is 7. The number of carbonyl (C=O) groups is 3. The fraction of sp³-hybridized carbons (Fsp3) is 0.306. The normalized spacial score (nSPS) is 28.4. The fourth-order valence-electron chi connectivity index (χ4n) is 7.44. The number of likely N-dealkylation sites (tertiary alicyclic amines) is 1. The summed E-state index contributed by atoms with van der Waals surface area (Å²) in [6, 6.07) is 27.6. The smallest absolute Gasteiger partial charge is 0.247 e. The minimum atomic E-state index is -0.946. The molecule has 3 aromatic rings. The molecular weight excluding hydrogens is 570 g/mol. The minimum absolute atomic E-state index is 0.107. The fourth-order valence-corrected chi connectivity index (χ4v) is 9.43. The van der Waals surface area contributed by atoms with Crippen LogP contribution >= 0.6 is 11.8 Å². The van der Waals surface area contributed by atoms with Gasteiger partial charge in [-0.25, -0.2) is 0 Å². The summed E-state index contributed by atoms with van der Waals surface area (Å²) in [6.07, 6.45) is 8.50. The lowest BCUT2D eigenvalue weighted by molar-refractivity contribution is -0.145. The Hall–Kier alpha value is -4.14. The van der Waals surface area contributed by atoms with E-state index in [1.54, 1.807) is 26.5 Å². The number of benzene rings is 3. The maximum atomic E-state index is 14.8. The van der Waals surface area contributed by atoms with E-state index in [1.165, 1.54) is 0 Å². The van der Waals surface area contributed by atoms with Gasteiger partial charge in [-0.1, -0.05) is 103 Å². The third-order valence-electron chi connectivity index (χ3n) is 9.38. The lowest BCUT2D eigenvalue weighted by Crippen LogP contribution is -2.56. The summed E-state index contributed by atoms with van der Waals surface area (Å²) in [4.78, 5) is 49.2. The van der Waals surface area contributed by atoms with Crippen LogP contribution in [0, 0.1) is 11.8 Å². The average molecular weight is 606 g/mol. The molecule has 4 aliphatic heterocycles. The van der Waals surface area contributed by atoms with Gasteiger partial charge in [-0.05, 0) is 29.7 Å². The van der Waals surface area contributed by atoms with Gasteiger partial charge >= 0.3 is 0 Å². The van der Waals surface area contributed by atoms with Crippen LogP contribution in [0.15, 0.2) is 115 Å². The van der Waals surface area contributed by atoms with Crippen molar-refractivity contribution in [2.24, 2.45) is 11.8 Å². The van der Waals surface area contributed by atoms with E-state index < -0.39 is 28.7 Å². The summed E-state index contributed by atoms with van der Waals surface area (Å²) in [7, 11) is 0. The Morgan fingerprint density at radius 3 is 2.14 bits per heavy atom. The molecule has 2 saturated heterocycles. The van der Waals surface area contributed by atoms with Gasteiger partial charge < -0.3 is 19.8 Å². The van der Waals surface area contributed by atoms with Gasteiger partial charge in [-0.15, -0.1) is 11.8 Å². The molecule has 0 saturated carbocycles. The Morgan fingerprint density at radius 2 is 1.45 bits per heavy atom. The maximum Gasteiger partial charge on any atom is 0.247 e. The van der Waals surface area contributed by atoms with Crippen molar-refractivity contribution in [3.8, 4) is 0 Å². The van der Waals surface area contributed by atoms with E-state index in [2.05, 4.69) is 6.08 Å². The van der Waals surface area contributed by atoms with Crippen molar-refractivity contribution in [2.45, 2.75) is 35.0 Å². The van der Waals surface area contributed by atoms with Gasteiger partial charge in [0.2, 0.25) is 17.7 Å². The summed E-state index contributed by atoms with van der Waals surface area (Å²) in [5.41, 5.74) is 2.75. The zero-order valence-electron chi connectivity index (χ0n) is 24.3. The molecular formula is C36H35N3O4S. The van der Waals surface area contributed by atoms with Crippen molar-refractivity contribution < 1.29 is 19.5 Å². The average Bonchev–Trinajstić information content (AvgIpc) is 3.38. The molecule has 1 spiro atoms. The summed E-state index contributed by atoms with van der Waals surface area (Å²) in [5.74, 6) is -1.88. The number of thioether (sulfide) groups is 1. The second kappa shape index (κ2) is 11.7. The minimum Gasteiger partial charge on any atom is -0.394 e. The zero-order chi connectivity index (χ0) is 30.3. The lowest BCUT2D eigenvalue weighted by atomic mass is 9.78. The number of aliphatic hydroxyl groups is 1. The number of amides is 3. The van der Waals surface area contributed by atoms with E-state index in [4.69, 9.17) is 0 Å². The molecule has 7 rings (SSSR count). The van der Waals surface area contributed by atoms with E-state index in [9.17, 15) is 19.5 Å². The highest BCUT2D eigenvalue weighted by molar-refractivity contribution is 8.02. The number of hydrogen-bond donors (Lipinski definition) is 1. The molecule has 1 unspecified atom stereocenters. The SMILES string of the molecule is O=C1C2N([C@@H](CO)Cc3ccccc3)C(=O)[C@@H]3[C@@H]4C(=O)N(c5ccccc5)CC=C[C@@H]4S[C@]23C=CCN1Cc1ccccc1. The molecule has 0 aromatic heterocycles. The van der Waals surface area contributed by atoms with Crippen LogP contribution in [0.1, 0.15) is 11.1 Å². The number of nitrogens with zero attached hydrogens (tertiary/aromatic N) is 3. The van der Waals surface area contributed by atoms with Gasteiger partial charge in [0.1, 0.15) is 6.04 Å². The molecule has 0 aliphatic carbocycles. The Labute approximate surface area is 261 Å². The first-order valence-corrected chi connectivity index (χ1v) is 16.1. The zero-order valence-corrected chi connectivity index (χ0v) is 25.1. The van der Waals surface area contributed by atoms with Crippen molar-refractivity contribution in [1.29, 1.82) is 0 Å². The molecule has 224 valence electrons. The molecule has 3 amide bonds. The van der Waals surface area contributed by atoms with Crippen molar-refractivity contribution >= 4 is 35.2 Å². The van der Waals surface area contributed by atoms with Crippen LogP contribution in [0.2, 0.25) is 0 Å². The van der Waals surface area contributed by atoms with E-state index in [1.807, 2.05) is 109 Å². The van der Waals surface area contributed by atoms with Crippen LogP contribution in [0.3, 0.4) is 0 Å². The van der Waals surface area contributed by atoms with Crippen LogP contribution in [0.25, 0.3) is 0 Å². The molecule has 0 bridgehead atoms. The topological polar surface area (TPSA) is 81.2 Å². The van der Waals surface area contributed by atoms with Gasteiger partial charge in [0.05, 0.1) is 29.2 Å². The lowest BCUT2D eigenvalue weighted by Gasteiger charge is -2.38. The first-order chi connectivity index (χ1) is 21.5. The molecule has 2 fully saturated rings. The first kappa shape index (κ1) is 28.6. The van der Waals surface area contributed by atoms with Gasteiger partial charge in [-0.2, -0.15) is 0 Å². The van der Waals surface area contributed by atoms with E-state index >= 15 is 0 Å². The Bertz CT molecular complexity index is 1600. The van der Waals surface area contributed by atoms with E-state index in [-0.39, 0.29) is 29.6 Å². The summed E-state index contributed by atoms with van der Waals surface area (Å²) < 4.78 is -0.946. The largest absolute Gasteiger partial charge is 0.394 e. The van der Waals surface area contributed by atoms with Crippen LogP contribution in [0.5, 0.6) is 0 Å². The second-order valence-electron chi connectivity index (χ2n) is 11.9. The predicted octanol–water partition coefficient (Wildman–Crippen LogP) is 4.09. The highest BCUT2D eigenvalue weighted by atomic mass is 32.2. The van der Waals surface area contributed by atoms with Gasteiger partial charge in [-0.3, -0.25) is 14.4 Å². The van der Waals surface area contributed by atoms with Crippen LogP contribution in [-0.2, 0) is 27.3 Å². The summed E-state index contributed by atoms with van der Waals surface area (Å²) in [5, 5.41) is 10.5. The maximum absolute atomic E-state index is 14.8. The number of hydrogen-bond acceptors (Lipinski definition) is 5. The predicted molar refractivity (Wildman–Crippen MR) is 172 cm³/mol. The third-order valence-corrected chi connectivity index (χ3v) is 11.1. The Morgan fingerprint density at radius 1 is 0.795 bits per heavy atom. The van der Waals surface area contributed by atoms with Gasteiger partial charge in [0.25, 0.3) is 0 Å². The van der Waals surface area contributed by atoms with Crippen LogP contribution < -0.4 is 4.90 Å². The van der Waals surface area contributed by atoms with Gasteiger partial charge in [0.15, 0.2) is 0 Å². The van der Waals surface area contributed by atoms with Crippen molar-refractivity contribution in [2.75, 3.05) is 24.6 Å². The summed E-state index contributed by atoms with van der Waals surface area (Å²) in [6.45, 7) is 0.936. The standard InChI is InChI=1S/C36H35N3O4S/c40-24-28(22-25-12-4-1-5-13-25)39-32-35(43)37(23-26-14-6-2-7-15-26)20-11-19-36(32)31(34(39)42)30-29(44-36)18-10-21-38(33(30)41)27-16-8-3-9-17-27/h1-19,28-32,40H,20-24H2/t28-,29+,30-,31+,32?,36+/m1/s1. The molecule has 4 heterocycles. The number of carbonyl (C=O) groups excluding carboxylic acids is 3. The third kappa shape index (κ3) is 4.77. The second-order valence-corrected chi connectivity index (χ2v) is 13.4. The molecule has 3 aromatic carbocycles. The monoisotopic (exact) mass is 605 g/mol. The van der Waals surface area contributed by atoms with Crippen LogP contribution in [-0.4, -0.2) is 74.4 Å². The molecule has 4 aliphatic rings. The van der Waals surface area contributed by atoms with Crippen molar-refractivity contribution in [3.05, 3.63) is 126 Å². The number of fused-ring (bicyclic) bond motifs is 2. The van der Waals surface area contributed by atoms with Crippen molar-refractivity contribution in [3.63, 3.8) is 0 Å².